The molecule has 0 unspecified atom stereocenters. The lowest BCUT2D eigenvalue weighted by Crippen LogP contribution is -2.42. The molecular weight excluding hydrogens is 360 g/mol. The molecule has 0 aliphatic carbocycles. The summed E-state index contributed by atoms with van der Waals surface area (Å²) < 4.78 is 5.45. The maximum atomic E-state index is 12.6. The maximum absolute atomic E-state index is 12.6. The highest BCUT2D eigenvalue weighted by atomic mass is 32.2. The van der Waals surface area contributed by atoms with Gasteiger partial charge in [0.1, 0.15) is 12.6 Å². The zero-order chi connectivity index (χ0) is 19.2. The molecule has 1 amide bonds. The number of benzene rings is 2. The summed E-state index contributed by atoms with van der Waals surface area (Å²) in [6, 6.07) is 15.0. The number of hydrogen-bond acceptors (Lipinski definition) is 4. The van der Waals surface area contributed by atoms with Crippen LogP contribution in [0.3, 0.4) is 0 Å². The number of H-pyrrole nitrogens is 1. The number of carbonyl (C=O) groups excluding carboxylic acids is 2. The zero-order valence-electron chi connectivity index (χ0n) is 15.3. The molecule has 2 aromatic carbocycles. The van der Waals surface area contributed by atoms with E-state index in [4.69, 9.17) is 4.74 Å². The van der Waals surface area contributed by atoms with E-state index in [1.165, 1.54) is 6.92 Å². The van der Waals surface area contributed by atoms with Crippen LogP contribution in [0.25, 0.3) is 10.9 Å². The number of nitrogens with one attached hydrogen (secondary N) is 2. The van der Waals surface area contributed by atoms with Crippen LogP contribution in [0.5, 0.6) is 0 Å². The van der Waals surface area contributed by atoms with Crippen molar-refractivity contribution in [3.8, 4) is 0 Å². The first-order valence-electron chi connectivity index (χ1n) is 8.68. The van der Waals surface area contributed by atoms with Crippen LogP contribution in [0.1, 0.15) is 18.1 Å². The standard InChI is InChI=1S/C21H22N2O3S/c1-14(24)23-20(11-16-12-22-19-6-4-3-5-18(16)19)21(25)26-13-15-7-9-17(27-2)10-8-15/h3-10,12,20,22H,11,13H2,1-2H3,(H,23,24)/t20-/m0/s1. The van der Waals surface area contributed by atoms with Gasteiger partial charge in [0.2, 0.25) is 5.91 Å². The molecule has 1 heterocycles. The number of amides is 1. The van der Waals surface area contributed by atoms with Gasteiger partial charge in [-0.05, 0) is 35.6 Å². The summed E-state index contributed by atoms with van der Waals surface area (Å²) in [5.41, 5.74) is 2.87. The van der Waals surface area contributed by atoms with Gasteiger partial charge in [0.05, 0.1) is 0 Å². The fourth-order valence-corrected chi connectivity index (χ4v) is 3.34. The minimum Gasteiger partial charge on any atom is -0.459 e. The van der Waals surface area contributed by atoms with Gasteiger partial charge in [0.25, 0.3) is 0 Å². The molecule has 6 heteroatoms. The molecule has 0 saturated heterocycles. The Morgan fingerprint density at radius 2 is 1.89 bits per heavy atom. The first-order valence-corrected chi connectivity index (χ1v) is 9.91. The van der Waals surface area contributed by atoms with Crippen molar-refractivity contribution < 1.29 is 14.3 Å². The molecule has 1 aromatic heterocycles. The van der Waals surface area contributed by atoms with Crippen molar-refractivity contribution in [2.24, 2.45) is 0 Å². The fourth-order valence-electron chi connectivity index (χ4n) is 2.94. The predicted octanol–water partition coefficient (Wildman–Crippen LogP) is 3.68. The van der Waals surface area contributed by atoms with Gasteiger partial charge < -0.3 is 15.0 Å². The van der Waals surface area contributed by atoms with Crippen LogP contribution < -0.4 is 5.32 Å². The first kappa shape index (κ1) is 19.0. The van der Waals surface area contributed by atoms with E-state index in [0.29, 0.717) is 6.42 Å². The van der Waals surface area contributed by atoms with Gasteiger partial charge in [0, 0.05) is 35.3 Å². The van der Waals surface area contributed by atoms with E-state index >= 15 is 0 Å². The van der Waals surface area contributed by atoms with Crippen LogP contribution >= 0.6 is 11.8 Å². The number of rotatable bonds is 7. The Labute approximate surface area is 162 Å². The lowest BCUT2D eigenvalue weighted by atomic mass is 10.0. The van der Waals surface area contributed by atoms with E-state index in [0.717, 1.165) is 26.9 Å². The number of aromatic nitrogens is 1. The topological polar surface area (TPSA) is 71.2 Å². The quantitative estimate of drug-likeness (QED) is 0.483. The second kappa shape index (κ2) is 8.77. The smallest absolute Gasteiger partial charge is 0.329 e. The predicted molar refractivity (Wildman–Crippen MR) is 108 cm³/mol. The second-order valence-corrected chi connectivity index (χ2v) is 7.15. The van der Waals surface area contributed by atoms with Crippen molar-refractivity contribution in [1.82, 2.24) is 10.3 Å². The average Bonchev–Trinajstić information content (AvgIpc) is 3.08. The summed E-state index contributed by atoms with van der Waals surface area (Å²) in [6.07, 6.45) is 4.25. The lowest BCUT2D eigenvalue weighted by Gasteiger charge is -2.17. The molecule has 0 aliphatic rings. The minimum atomic E-state index is -0.729. The van der Waals surface area contributed by atoms with Crippen molar-refractivity contribution in [1.29, 1.82) is 0 Å². The van der Waals surface area contributed by atoms with Crippen LogP contribution in [0, 0.1) is 0 Å². The highest BCUT2D eigenvalue weighted by Crippen LogP contribution is 2.20. The molecule has 0 spiro atoms. The summed E-state index contributed by atoms with van der Waals surface area (Å²) in [7, 11) is 0. The van der Waals surface area contributed by atoms with Crippen molar-refractivity contribution in [2.75, 3.05) is 6.26 Å². The zero-order valence-corrected chi connectivity index (χ0v) is 16.1. The van der Waals surface area contributed by atoms with Crippen LogP contribution in [0.4, 0.5) is 0 Å². The molecule has 5 nitrogen and oxygen atoms in total. The maximum Gasteiger partial charge on any atom is 0.329 e. The molecule has 140 valence electrons. The normalized spacial score (nSPS) is 11.9. The van der Waals surface area contributed by atoms with Crippen LogP contribution in [-0.4, -0.2) is 29.2 Å². The van der Waals surface area contributed by atoms with Gasteiger partial charge in [-0.25, -0.2) is 4.79 Å². The number of carbonyl (C=O) groups is 2. The summed E-state index contributed by atoms with van der Waals surface area (Å²) in [6.45, 7) is 1.58. The third-order valence-electron chi connectivity index (χ3n) is 4.30. The van der Waals surface area contributed by atoms with E-state index in [2.05, 4.69) is 10.3 Å². The van der Waals surface area contributed by atoms with E-state index < -0.39 is 12.0 Å². The Bertz CT molecular complexity index is 934. The highest BCUT2D eigenvalue weighted by molar-refractivity contribution is 7.98. The lowest BCUT2D eigenvalue weighted by molar-refractivity contribution is -0.149. The van der Waals surface area contributed by atoms with E-state index in [1.54, 1.807) is 11.8 Å². The van der Waals surface area contributed by atoms with Crippen LogP contribution in [-0.2, 0) is 27.4 Å². The number of esters is 1. The van der Waals surface area contributed by atoms with Gasteiger partial charge in [-0.15, -0.1) is 11.8 Å². The molecule has 2 N–H and O–H groups in total. The Hall–Kier alpha value is -2.73. The molecule has 27 heavy (non-hydrogen) atoms. The Morgan fingerprint density at radius 3 is 2.59 bits per heavy atom. The number of hydrogen-bond donors (Lipinski definition) is 2. The van der Waals surface area contributed by atoms with E-state index in [-0.39, 0.29) is 12.5 Å². The Morgan fingerprint density at radius 1 is 1.15 bits per heavy atom. The fraction of sp³-hybridized carbons (Fsp3) is 0.238. The number of para-hydroxylation sites is 1. The molecule has 1 atom stereocenters. The van der Waals surface area contributed by atoms with Crippen LogP contribution in [0.15, 0.2) is 59.6 Å². The van der Waals surface area contributed by atoms with Gasteiger partial charge in [-0.1, -0.05) is 30.3 Å². The highest BCUT2D eigenvalue weighted by Gasteiger charge is 2.23. The number of fused-ring (bicyclic) bond motifs is 1. The van der Waals surface area contributed by atoms with Crippen LogP contribution in [0.2, 0.25) is 0 Å². The SMILES string of the molecule is CSc1ccc(COC(=O)[C@H](Cc2c[nH]c3ccccc23)NC(C)=O)cc1. The summed E-state index contributed by atoms with van der Waals surface area (Å²) in [4.78, 5) is 28.5. The van der Waals surface area contributed by atoms with E-state index in [9.17, 15) is 9.59 Å². The molecule has 0 aliphatic heterocycles. The van der Waals surface area contributed by atoms with Crippen molar-refractivity contribution in [3.63, 3.8) is 0 Å². The summed E-state index contributed by atoms with van der Waals surface area (Å²) >= 11 is 1.66. The number of thioether (sulfide) groups is 1. The Balaban J connectivity index is 1.69. The molecule has 3 aromatic rings. The third kappa shape index (κ3) is 4.92. The molecular formula is C21H22N2O3S. The first-order chi connectivity index (χ1) is 13.1. The van der Waals surface area contributed by atoms with Crippen molar-refractivity contribution >= 4 is 34.5 Å². The third-order valence-corrected chi connectivity index (χ3v) is 5.04. The molecule has 0 saturated carbocycles. The number of aromatic amines is 1. The monoisotopic (exact) mass is 382 g/mol. The summed E-state index contributed by atoms with van der Waals surface area (Å²) in [5, 5.41) is 3.74. The summed E-state index contributed by atoms with van der Waals surface area (Å²) in [5.74, 6) is -0.703. The molecule has 0 fully saturated rings. The molecule has 0 radical (unpaired) electrons. The van der Waals surface area contributed by atoms with Gasteiger partial charge >= 0.3 is 5.97 Å². The molecule has 3 rings (SSSR count). The molecule has 0 bridgehead atoms. The van der Waals surface area contributed by atoms with Gasteiger partial charge in [-0.2, -0.15) is 0 Å². The second-order valence-electron chi connectivity index (χ2n) is 6.27. The van der Waals surface area contributed by atoms with E-state index in [1.807, 2.05) is 61.0 Å². The average molecular weight is 382 g/mol. The minimum absolute atomic E-state index is 0.178. The van der Waals surface area contributed by atoms with Gasteiger partial charge in [0.15, 0.2) is 0 Å². The Kier molecular flexibility index (Phi) is 6.19. The largest absolute Gasteiger partial charge is 0.459 e. The van der Waals surface area contributed by atoms with Crippen molar-refractivity contribution in [2.45, 2.75) is 30.9 Å². The van der Waals surface area contributed by atoms with Crippen molar-refractivity contribution in [3.05, 3.63) is 65.9 Å². The number of ether oxygens (including phenoxy) is 1. The van der Waals surface area contributed by atoms with Gasteiger partial charge in [-0.3, -0.25) is 4.79 Å².